The van der Waals surface area contributed by atoms with Gasteiger partial charge in [-0.3, -0.25) is 14.4 Å². The van der Waals surface area contributed by atoms with Gasteiger partial charge in [0.15, 0.2) is 5.78 Å². The largest absolute Gasteiger partial charge is 0.394 e. The molecule has 198 valence electrons. The van der Waals surface area contributed by atoms with Crippen LogP contribution in [0, 0.1) is 10.7 Å². The zero-order valence-electron chi connectivity index (χ0n) is 19.7. The van der Waals surface area contributed by atoms with E-state index in [1.165, 1.54) is 23.8 Å². The minimum absolute atomic E-state index is 0.00827. The smallest absolute Gasteiger partial charge is 0.255 e. The van der Waals surface area contributed by atoms with Crippen molar-refractivity contribution in [2.75, 3.05) is 38.3 Å². The maximum atomic E-state index is 13.5. The summed E-state index contributed by atoms with van der Waals surface area (Å²) in [5.74, 6) is -1.31. The second-order valence-electron chi connectivity index (χ2n) is 8.05. The topological polar surface area (TPSA) is 159 Å². The van der Waals surface area contributed by atoms with E-state index in [0.717, 1.165) is 0 Å². The predicted molar refractivity (Wildman–Crippen MR) is 156 cm³/mol. The lowest BCUT2D eigenvalue weighted by Crippen LogP contribution is -2.40. The second kappa shape index (κ2) is 15.3. The van der Waals surface area contributed by atoms with Crippen molar-refractivity contribution < 1.29 is 39.9 Å². The van der Waals surface area contributed by atoms with E-state index >= 15 is 0 Å². The summed E-state index contributed by atoms with van der Waals surface area (Å²) in [5.41, 5.74) is 0.609. The summed E-state index contributed by atoms with van der Waals surface area (Å²) in [6.07, 6.45) is -2.71. The van der Waals surface area contributed by atoms with E-state index in [-0.39, 0.29) is 48.5 Å². The maximum Gasteiger partial charge on any atom is 0.255 e. The van der Waals surface area contributed by atoms with Gasteiger partial charge in [0.2, 0.25) is 5.91 Å². The highest BCUT2D eigenvalue weighted by molar-refractivity contribution is 14.1. The van der Waals surface area contributed by atoms with Crippen molar-refractivity contribution in [3.63, 3.8) is 0 Å². The molecule has 0 aromatic heterocycles. The standard InChI is InChI=1S/C22H31I3N2O8/c1-4-12(31)7-26(3)22(35)17-18(23)16(15(34)6-5-13(32)9-28)19(24)21(20(17)25)27(11(2)30)8-14(33)10-29/h12-14,28-29,31-33H,4-10H2,1-3H3. The van der Waals surface area contributed by atoms with E-state index < -0.39 is 43.3 Å². The van der Waals surface area contributed by atoms with Gasteiger partial charge in [-0.25, -0.2) is 0 Å². The molecule has 0 aliphatic carbocycles. The van der Waals surface area contributed by atoms with Gasteiger partial charge in [-0.2, -0.15) is 0 Å². The number of hydrogen-bond donors (Lipinski definition) is 5. The first-order valence-electron chi connectivity index (χ1n) is 10.8. The van der Waals surface area contributed by atoms with E-state index in [0.29, 0.717) is 17.1 Å². The highest BCUT2D eigenvalue weighted by Crippen LogP contribution is 2.39. The first kappa shape index (κ1) is 32.8. The lowest BCUT2D eigenvalue weighted by Gasteiger charge is -2.29. The van der Waals surface area contributed by atoms with Crippen molar-refractivity contribution in [2.45, 2.75) is 51.4 Å². The number of halogens is 3. The zero-order chi connectivity index (χ0) is 27.0. The van der Waals surface area contributed by atoms with Crippen LogP contribution in [0.3, 0.4) is 0 Å². The van der Waals surface area contributed by atoms with Crippen LogP contribution in [0.4, 0.5) is 5.69 Å². The summed E-state index contributed by atoms with van der Waals surface area (Å²) >= 11 is 5.76. The molecule has 0 saturated heterocycles. The molecule has 2 amide bonds. The number of rotatable bonds is 13. The quantitative estimate of drug-likeness (QED) is 0.148. The number of benzene rings is 1. The molecule has 10 nitrogen and oxygen atoms in total. The van der Waals surface area contributed by atoms with Crippen LogP contribution in [-0.2, 0) is 4.79 Å². The van der Waals surface area contributed by atoms with Crippen LogP contribution in [0.5, 0.6) is 0 Å². The number of hydrogen-bond acceptors (Lipinski definition) is 8. The normalized spacial score (nSPS) is 13.8. The Balaban J connectivity index is 3.82. The number of ketones is 1. The fourth-order valence-electron chi connectivity index (χ4n) is 3.20. The van der Waals surface area contributed by atoms with Crippen molar-refractivity contribution in [3.8, 4) is 0 Å². The van der Waals surface area contributed by atoms with Crippen molar-refractivity contribution in [1.29, 1.82) is 0 Å². The Kier molecular flexibility index (Phi) is 14.3. The number of nitrogens with zero attached hydrogens (tertiary/aromatic N) is 2. The van der Waals surface area contributed by atoms with Crippen molar-refractivity contribution in [1.82, 2.24) is 4.90 Å². The summed E-state index contributed by atoms with van der Waals surface area (Å²) in [6, 6.07) is 0. The van der Waals surface area contributed by atoms with E-state index in [1.54, 1.807) is 6.92 Å². The van der Waals surface area contributed by atoms with E-state index in [4.69, 9.17) is 5.11 Å². The Labute approximate surface area is 245 Å². The SMILES string of the molecule is CCC(O)CN(C)C(=O)c1c(I)c(C(=O)CCC(O)CO)c(I)c(N(CC(O)CO)C(C)=O)c1I. The number of carbonyl (C=O) groups excluding carboxylic acids is 3. The van der Waals surface area contributed by atoms with Gasteiger partial charge < -0.3 is 35.3 Å². The molecule has 0 heterocycles. The Morgan fingerprint density at radius 3 is 1.89 bits per heavy atom. The number of likely N-dealkylation sites (N-methyl/N-ethyl adjacent to an activating group) is 1. The molecule has 0 aliphatic heterocycles. The average Bonchev–Trinajstić information content (AvgIpc) is 2.80. The van der Waals surface area contributed by atoms with Gasteiger partial charge in [-0.15, -0.1) is 0 Å². The number of aliphatic hydroxyl groups excluding tert-OH is 5. The van der Waals surface area contributed by atoms with E-state index in [2.05, 4.69) is 0 Å². The molecule has 5 N–H and O–H groups in total. The molecule has 0 saturated carbocycles. The molecule has 1 aromatic carbocycles. The third kappa shape index (κ3) is 8.68. The van der Waals surface area contributed by atoms with Crippen LogP contribution in [0.2, 0.25) is 0 Å². The van der Waals surface area contributed by atoms with E-state index in [1.807, 2.05) is 67.8 Å². The number of anilines is 1. The lowest BCUT2D eigenvalue weighted by molar-refractivity contribution is -0.117. The number of amides is 2. The van der Waals surface area contributed by atoms with Crippen LogP contribution >= 0.6 is 67.8 Å². The molecule has 35 heavy (non-hydrogen) atoms. The third-order valence-corrected chi connectivity index (χ3v) is 8.44. The second-order valence-corrected chi connectivity index (χ2v) is 11.3. The Bertz CT molecular complexity index is 931. The maximum absolute atomic E-state index is 13.5. The molecule has 3 atom stereocenters. The van der Waals surface area contributed by atoms with Crippen molar-refractivity contribution >= 4 is 91.1 Å². The molecule has 13 heteroatoms. The van der Waals surface area contributed by atoms with Gasteiger partial charge in [0, 0.05) is 39.6 Å². The fraction of sp³-hybridized carbons (Fsp3) is 0.591. The highest BCUT2D eigenvalue weighted by Gasteiger charge is 2.33. The molecule has 0 fully saturated rings. The van der Waals surface area contributed by atoms with Gasteiger partial charge in [0.1, 0.15) is 0 Å². The summed E-state index contributed by atoms with van der Waals surface area (Å²) in [7, 11) is 1.53. The highest BCUT2D eigenvalue weighted by atomic mass is 127. The summed E-state index contributed by atoms with van der Waals surface area (Å²) < 4.78 is 1.12. The monoisotopic (exact) mass is 832 g/mol. The average molecular weight is 832 g/mol. The van der Waals surface area contributed by atoms with Crippen LogP contribution in [0.1, 0.15) is 53.8 Å². The molecule has 0 bridgehead atoms. The minimum Gasteiger partial charge on any atom is -0.394 e. The third-order valence-electron chi connectivity index (χ3n) is 5.26. The molecule has 0 spiro atoms. The Morgan fingerprint density at radius 2 is 1.40 bits per heavy atom. The molecule has 0 radical (unpaired) electrons. The first-order chi connectivity index (χ1) is 16.3. The predicted octanol–water partition coefficient (Wildman–Crippen LogP) is 1.37. The first-order valence-corrected chi connectivity index (χ1v) is 14.1. The minimum atomic E-state index is -1.25. The number of Topliss-reactive ketones (excluding diaryl/α,β-unsaturated/α-hetero) is 1. The summed E-state index contributed by atoms with van der Waals surface area (Å²) in [5, 5.41) is 48.2. The Morgan fingerprint density at radius 1 is 0.857 bits per heavy atom. The Hall–Kier alpha value is -0.180. The van der Waals surface area contributed by atoms with Crippen LogP contribution in [0.15, 0.2) is 0 Å². The van der Waals surface area contributed by atoms with Gasteiger partial charge in [-0.05, 0) is 80.6 Å². The van der Waals surface area contributed by atoms with Crippen LogP contribution in [-0.4, -0.2) is 99.7 Å². The number of aliphatic hydroxyl groups is 5. The molecule has 1 rings (SSSR count). The fourth-order valence-corrected chi connectivity index (χ4v) is 8.01. The summed E-state index contributed by atoms with van der Waals surface area (Å²) in [4.78, 5) is 41.9. The van der Waals surface area contributed by atoms with Crippen LogP contribution < -0.4 is 4.90 Å². The summed E-state index contributed by atoms with van der Waals surface area (Å²) in [6.45, 7) is 1.79. The van der Waals surface area contributed by atoms with Gasteiger partial charge in [-0.1, -0.05) is 6.92 Å². The molecular weight excluding hydrogens is 801 g/mol. The van der Waals surface area contributed by atoms with E-state index in [9.17, 15) is 34.8 Å². The molecule has 0 aliphatic rings. The van der Waals surface area contributed by atoms with Gasteiger partial charge in [0.05, 0.1) is 52.9 Å². The number of carbonyl (C=O) groups is 3. The molecule has 3 unspecified atom stereocenters. The zero-order valence-corrected chi connectivity index (χ0v) is 26.1. The van der Waals surface area contributed by atoms with Crippen molar-refractivity contribution in [2.24, 2.45) is 0 Å². The van der Waals surface area contributed by atoms with Crippen molar-refractivity contribution in [3.05, 3.63) is 21.8 Å². The van der Waals surface area contributed by atoms with Crippen LogP contribution in [0.25, 0.3) is 0 Å². The lowest BCUT2D eigenvalue weighted by atomic mass is 10.00. The molecule has 1 aromatic rings. The van der Waals surface area contributed by atoms with Gasteiger partial charge in [0.25, 0.3) is 5.91 Å². The molecular formula is C22H31I3N2O8. The van der Waals surface area contributed by atoms with Gasteiger partial charge >= 0.3 is 0 Å².